The first-order chi connectivity index (χ1) is 8.77. The van der Waals surface area contributed by atoms with Gasteiger partial charge in [0.1, 0.15) is 12.4 Å². The molecule has 0 radical (unpaired) electrons. The van der Waals surface area contributed by atoms with Crippen LogP contribution in [0, 0.1) is 15.5 Å². The molecular weight excluding hydrogens is 252 g/mol. The molecule has 0 amide bonds. The maximum absolute atomic E-state index is 11.5. The van der Waals surface area contributed by atoms with Crippen LogP contribution in [0.3, 0.4) is 0 Å². The molecule has 2 N–H and O–H groups in total. The third kappa shape index (κ3) is 3.57. The maximum Gasteiger partial charge on any atom is 0.314 e. The Morgan fingerprint density at radius 2 is 2.11 bits per heavy atom. The van der Waals surface area contributed by atoms with Gasteiger partial charge in [-0.25, -0.2) is 0 Å². The molecule has 0 aliphatic heterocycles. The molecule has 1 aromatic carbocycles. The number of nitrogens with zero attached hydrogens (tertiary/aromatic N) is 1. The molecule has 0 aromatic heterocycles. The molecule has 0 saturated carbocycles. The van der Waals surface area contributed by atoms with Crippen molar-refractivity contribution in [2.45, 2.75) is 13.8 Å². The lowest BCUT2D eigenvalue weighted by atomic mass is 9.95. The van der Waals surface area contributed by atoms with Crippen molar-refractivity contribution in [3.8, 4) is 5.75 Å². The van der Waals surface area contributed by atoms with Gasteiger partial charge in [0, 0.05) is 12.1 Å². The minimum Gasteiger partial charge on any atom is -0.490 e. The summed E-state index contributed by atoms with van der Waals surface area (Å²) in [5.74, 6) is -0.115. The molecule has 104 valence electrons. The fourth-order valence-corrected chi connectivity index (χ4v) is 1.37. The highest BCUT2D eigenvalue weighted by Gasteiger charge is 2.30. The van der Waals surface area contributed by atoms with Crippen molar-refractivity contribution in [3.63, 3.8) is 0 Å². The molecule has 0 aliphatic rings. The monoisotopic (exact) mass is 268 g/mol. The van der Waals surface area contributed by atoms with E-state index in [0.717, 1.165) is 0 Å². The predicted octanol–water partition coefficient (Wildman–Crippen LogP) is 1.75. The summed E-state index contributed by atoms with van der Waals surface area (Å²) in [6.45, 7) is 3.39. The van der Waals surface area contributed by atoms with Gasteiger partial charge in [0.25, 0.3) is 5.69 Å². The molecule has 1 rings (SSSR count). The second kappa shape index (κ2) is 5.55. The van der Waals surface area contributed by atoms with Gasteiger partial charge in [0.2, 0.25) is 0 Å². The largest absolute Gasteiger partial charge is 0.490 e. The average molecular weight is 268 g/mol. The fourth-order valence-electron chi connectivity index (χ4n) is 1.37. The van der Waals surface area contributed by atoms with E-state index in [2.05, 4.69) is 4.74 Å². The summed E-state index contributed by atoms with van der Waals surface area (Å²) >= 11 is 0. The topological polar surface area (TPSA) is 105 Å². The Hall–Kier alpha value is -2.31. The van der Waals surface area contributed by atoms with Crippen LogP contribution in [0.25, 0.3) is 0 Å². The summed E-state index contributed by atoms with van der Waals surface area (Å²) in [5, 5.41) is 10.6. The molecule has 0 bridgehead atoms. The van der Waals surface area contributed by atoms with E-state index >= 15 is 0 Å². The predicted molar refractivity (Wildman–Crippen MR) is 68.8 cm³/mol. The van der Waals surface area contributed by atoms with Crippen molar-refractivity contribution in [2.75, 3.05) is 19.5 Å². The van der Waals surface area contributed by atoms with Gasteiger partial charge in [-0.05, 0) is 19.9 Å². The zero-order valence-electron chi connectivity index (χ0n) is 11.0. The number of hydrogen-bond donors (Lipinski definition) is 1. The Morgan fingerprint density at radius 1 is 1.47 bits per heavy atom. The van der Waals surface area contributed by atoms with E-state index in [1.807, 2.05) is 0 Å². The van der Waals surface area contributed by atoms with Gasteiger partial charge in [-0.1, -0.05) is 0 Å². The number of carbonyl (C=O) groups is 1. The summed E-state index contributed by atoms with van der Waals surface area (Å²) in [5.41, 5.74) is 4.86. The molecule has 0 atom stereocenters. The van der Waals surface area contributed by atoms with Gasteiger partial charge in [-0.15, -0.1) is 0 Å². The van der Waals surface area contributed by atoms with Crippen molar-refractivity contribution >= 4 is 17.3 Å². The van der Waals surface area contributed by atoms with Crippen LogP contribution in [0.1, 0.15) is 13.8 Å². The minimum absolute atomic E-state index is 0.0572. The standard InChI is InChI=1S/C12H16N2O5/c1-12(2,11(15)18-3)7-19-10-5-4-8(14(16)17)6-9(10)13/h4-6H,7,13H2,1-3H3. The highest BCUT2D eigenvalue weighted by Crippen LogP contribution is 2.28. The van der Waals surface area contributed by atoms with Crippen molar-refractivity contribution < 1.29 is 19.2 Å². The highest BCUT2D eigenvalue weighted by atomic mass is 16.6. The molecular formula is C12H16N2O5. The van der Waals surface area contributed by atoms with Gasteiger partial charge < -0.3 is 15.2 Å². The number of non-ortho nitro benzene ring substituents is 1. The smallest absolute Gasteiger partial charge is 0.314 e. The molecule has 0 spiro atoms. The van der Waals surface area contributed by atoms with Crippen LogP contribution in [-0.2, 0) is 9.53 Å². The van der Waals surface area contributed by atoms with E-state index in [1.165, 1.54) is 25.3 Å². The molecule has 19 heavy (non-hydrogen) atoms. The van der Waals surface area contributed by atoms with E-state index in [4.69, 9.17) is 10.5 Å². The number of nitro groups is 1. The SMILES string of the molecule is COC(=O)C(C)(C)COc1ccc([N+](=O)[O-])cc1N. The van der Waals surface area contributed by atoms with Gasteiger partial charge in [0.05, 0.1) is 23.1 Å². The fraction of sp³-hybridized carbons (Fsp3) is 0.417. The van der Waals surface area contributed by atoms with E-state index in [9.17, 15) is 14.9 Å². The first-order valence-electron chi connectivity index (χ1n) is 5.53. The number of methoxy groups -OCH3 is 1. The van der Waals surface area contributed by atoms with Crippen LogP contribution in [0.2, 0.25) is 0 Å². The molecule has 0 saturated heterocycles. The number of nitro benzene ring substituents is 1. The van der Waals surface area contributed by atoms with E-state index in [-0.39, 0.29) is 18.0 Å². The maximum atomic E-state index is 11.5. The molecule has 0 heterocycles. The van der Waals surface area contributed by atoms with E-state index < -0.39 is 16.3 Å². The third-order valence-corrected chi connectivity index (χ3v) is 2.53. The number of benzene rings is 1. The molecule has 0 aliphatic carbocycles. The summed E-state index contributed by atoms with van der Waals surface area (Å²) in [6, 6.07) is 3.90. The first-order valence-corrected chi connectivity index (χ1v) is 5.53. The van der Waals surface area contributed by atoms with Crippen LogP contribution in [0.5, 0.6) is 5.75 Å². The molecule has 0 fully saturated rings. The third-order valence-electron chi connectivity index (χ3n) is 2.53. The van der Waals surface area contributed by atoms with Crippen molar-refractivity contribution in [3.05, 3.63) is 28.3 Å². The Bertz CT molecular complexity index is 499. The van der Waals surface area contributed by atoms with E-state index in [0.29, 0.717) is 5.75 Å². The normalized spacial score (nSPS) is 10.9. The number of nitrogens with two attached hydrogens (primary N) is 1. The van der Waals surface area contributed by atoms with Crippen LogP contribution in [0.15, 0.2) is 18.2 Å². The number of carbonyl (C=O) groups excluding carboxylic acids is 1. The Morgan fingerprint density at radius 3 is 2.58 bits per heavy atom. The van der Waals surface area contributed by atoms with Gasteiger partial charge in [-0.2, -0.15) is 0 Å². The second-order valence-electron chi connectivity index (χ2n) is 4.64. The Balaban J connectivity index is 2.79. The van der Waals surface area contributed by atoms with Crippen molar-refractivity contribution in [1.29, 1.82) is 0 Å². The lowest BCUT2D eigenvalue weighted by molar-refractivity contribution is -0.384. The summed E-state index contributed by atoms with van der Waals surface area (Å²) < 4.78 is 10.1. The minimum atomic E-state index is -0.830. The summed E-state index contributed by atoms with van der Waals surface area (Å²) in [4.78, 5) is 21.5. The number of esters is 1. The average Bonchev–Trinajstić information content (AvgIpc) is 2.36. The second-order valence-corrected chi connectivity index (χ2v) is 4.64. The van der Waals surface area contributed by atoms with Gasteiger partial charge in [-0.3, -0.25) is 14.9 Å². The van der Waals surface area contributed by atoms with Crippen LogP contribution < -0.4 is 10.5 Å². The first kappa shape index (κ1) is 14.7. The van der Waals surface area contributed by atoms with E-state index in [1.54, 1.807) is 13.8 Å². The van der Waals surface area contributed by atoms with Crippen LogP contribution >= 0.6 is 0 Å². The lowest BCUT2D eigenvalue weighted by Gasteiger charge is -2.22. The van der Waals surface area contributed by atoms with Gasteiger partial charge >= 0.3 is 5.97 Å². The number of hydrogen-bond acceptors (Lipinski definition) is 6. The Kier molecular flexibility index (Phi) is 4.31. The zero-order chi connectivity index (χ0) is 14.6. The molecule has 1 aromatic rings. The van der Waals surface area contributed by atoms with Crippen LogP contribution in [0.4, 0.5) is 11.4 Å². The number of rotatable bonds is 5. The van der Waals surface area contributed by atoms with Crippen molar-refractivity contribution in [1.82, 2.24) is 0 Å². The van der Waals surface area contributed by atoms with Gasteiger partial charge in [0.15, 0.2) is 0 Å². The number of anilines is 1. The van der Waals surface area contributed by atoms with Crippen LogP contribution in [-0.4, -0.2) is 24.6 Å². The quantitative estimate of drug-likeness (QED) is 0.377. The molecule has 7 nitrogen and oxygen atoms in total. The summed E-state index contributed by atoms with van der Waals surface area (Å²) in [7, 11) is 1.30. The molecule has 7 heteroatoms. The lowest BCUT2D eigenvalue weighted by Crippen LogP contribution is -2.32. The number of nitrogen functional groups attached to an aromatic ring is 1. The Labute approximate surface area is 110 Å². The summed E-state index contributed by atoms with van der Waals surface area (Å²) in [6.07, 6.45) is 0. The highest BCUT2D eigenvalue weighted by molar-refractivity contribution is 5.76. The molecule has 0 unspecified atom stereocenters. The number of ether oxygens (including phenoxy) is 2. The zero-order valence-corrected chi connectivity index (χ0v) is 11.0. The van der Waals surface area contributed by atoms with Crippen molar-refractivity contribution in [2.24, 2.45) is 5.41 Å².